The van der Waals surface area contributed by atoms with Crippen molar-refractivity contribution in [3.8, 4) is 0 Å². The highest BCUT2D eigenvalue weighted by Gasteiger charge is 2.24. The Balaban J connectivity index is 1.57. The molecule has 9 heteroatoms. The smallest absolute Gasteiger partial charge is 0.340 e. The topological polar surface area (TPSA) is 123 Å². The lowest BCUT2D eigenvalue weighted by molar-refractivity contribution is -0.127. The molecule has 3 rings (SSSR count). The van der Waals surface area contributed by atoms with E-state index in [-0.39, 0.29) is 17.5 Å². The number of ether oxygens (including phenoxy) is 1. The SMILES string of the molecule is CC(C)c1noc2ncc(C(=O)O[C@@H](C)C(=O)NC(=O)NC3CCCCC3)cc12. The highest BCUT2D eigenvalue weighted by Crippen LogP contribution is 2.24. The molecular weight excluding hydrogens is 376 g/mol. The molecule has 1 aliphatic carbocycles. The minimum absolute atomic E-state index is 0.0749. The molecule has 0 unspecified atom stereocenters. The number of imide groups is 1. The van der Waals surface area contributed by atoms with Crippen LogP contribution in [0.3, 0.4) is 0 Å². The Morgan fingerprint density at radius 3 is 2.59 bits per heavy atom. The molecule has 0 saturated heterocycles. The van der Waals surface area contributed by atoms with Crippen molar-refractivity contribution in [2.45, 2.75) is 70.9 Å². The van der Waals surface area contributed by atoms with E-state index in [4.69, 9.17) is 9.26 Å². The Morgan fingerprint density at radius 2 is 1.90 bits per heavy atom. The van der Waals surface area contributed by atoms with E-state index in [1.165, 1.54) is 19.5 Å². The minimum atomic E-state index is -1.14. The Morgan fingerprint density at radius 1 is 1.17 bits per heavy atom. The van der Waals surface area contributed by atoms with Crippen molar-refractivity contribution in [3.63, 3.8) is 0 Å². The highest BCUT2D eigenvalue weighted by molar-refractivity contribution is 5.99. The first-order chi connectivity index (χ1) is 13.8. The zero-order valence-corrected chi connectivity index (χ0v) is 16.9. The number of aromatic nitrogens is 2. The fourth-order valence-electron chi connectivity index (χ4n) is 3.34. The van der Waals surface area contributed by atoms with Gasteiger partial charge in [-0.3, -0.25) is 10.1 Å². The summed E-state index contributed by atoms with van der Waals surface area (Å²) in [6.07, 6.45) is 5.28. The number of nitrogens with one attached hydrogen (secondary N) is 2. The lowest BCUT2D eigenvalue weighted by Crippen LogP contribution is -2.48. The van der Waals surface area contributed by atoms with Crippen LogP contribution in [0.4, 0.5) is 4.79 Å². The lowest BCUT2D eigenvalue weighted by Gasteiger charge is -2.23. The van der Waals surface area contributed by atoms with Gasteiger partial charge < -0.3 is 14.6 Å². The predicted molar refractivity (Wildman–Crippen MR) is 104 cm³/mol. The second kappa shape index (κ2) is 9.02. The normalized spacial score (nSPS) is 15.9. The third kappa shape index (κ3) is 5.10. The van der Waals surface area contributed by atoms with Gasteiger partial charge in [-0.2, -0.15) is 0 Å². The van der Waals surface area contributed by atoms with Crippen LogP contribution < -0.4 is 10.6 Å². The second-order valence-electron chi connectivity index (χ2n) is 7.64. The largest absolute Gasteiger partial charge is 0.449 e. The zero-order chi connectivity index (χ0) is 21.0. The van der Waals surface area contributed by atoms with Crippen LogP contribution in [0.25, 0.3) is 11.1 Å². The molecule has 1 fully saturated rings. The molecule has 0 spiro atoms. The summed E-state index contributed by atoms with van der Waals surface area (Å²) in [7, 11) is 0. The average molecular weight is 402 g/mol. The summed E-state index contributed by atoms with van der Waals surface area (Å²) in [6.45, 7) is 5.31. The molecule has 0 aliphatic heterocycles. The van der Waals surface area contributed by atoms with Crippen molar-refractivity contribution >= 4 is 29.0 Å². The first kappa shape index (κ1) is 20.8. The van der Waals surface area contributed by atoms with E-state index in [1.54, 1.807) is 6.07 Å². The molecule has 9 nitrogen and oxygen atoms in total. The number of nitrogens with zero attached hydrogens (tertiary/aromatic N) is 2. The maximum atomic E-state index is 12.4. The highest BCUT2D eigenvalue weighted by atomic mass is 16.5. The number of hydrogen-bond donors (Lipinski definition) is 2. The van der Waals surface area contributed by atoms with Gasteiger partial charge in [-0.1, -0.05) is 38.3 Å². The molecule has 1 aliphatic rings. The monoisotopic (exact) mass is 402 g/mol. The molecule has 156 valence electrons. The maximum absolute atomic E-state index is 12.4. The van der Waals surface area contributed by atoms with Crippen LogP contribution in [0.15, 0.2) is 16.8 Å². The molecule has 2 aromatic rings. The molecule has 0 bridgehead atoms. The number of fused-ring (bicyclic) bond motifs is 1. The Labute approximate surface area is 168 Å². The number of pyridine rings is 1. The van der Waals surface area contributed by atoms with Gasteiger partial charge in [-0.15, -0.1) is 0 Å². The molecule has 1 saturated carbocycles. The molecule has 1 atom stereocenters. The van der Waals surface area contributed by atoms with E-state index in [9.17, 15) is 14.4 Å². The van der Waals surface area contributed by atoms with Crippen molar-refractivity contribution in [1.82, 2.24) is 20.8 Å². The van der Waals surface area contributed by atoms with Gasteiger partial charge in [0.1, 0.15) is 0 Å². The number of carbonyl (C=O) groups is 3. The Hall–Kier alpha value is -2.97. The summed E-state index contributed by atoms with van der Waals surface area (Å²) >= 11 is 0. The number of amides is 3. The molecule has 3 amide bonds. The summed E-state index contributed by atoms with van der Waals surface area (Å²) in [5.41, 5.74) is 1.19. The number of hydrogen-bond acceptors (Lipinski definition) is 7. The first-order valence-electron chi connectivity index (χ1n) is 9.92. The zero-order valence-electron chi connectivity index (χ0n) is 16.9. The van der Waals surface area contributed by atoms with E-state index in [2.05, 4.69) is 20.8 Å². The van der Waals surface area contributed by atoms with Crippen molar-refractivity contribution < 1.29 is 23.6 Å². The van der Waals surface area contributed by atoms with E-state index >= 15 is 0 Å². The van der Waals surface area contributed by atoms with E-state index in [0.29, 0.717) is 16.8 Å². The van der Waals surface area contributed by atoms with Crippen LogP contribution in [0, 0.1) is 0 Å². The van der Waals surface area contributed by atoms with Gasteiger partial charge in [0, 0.05) is 12.2 Å². The van der Waals surface area contributed by atoms with Crippen LogP contribution in [0.5, 0.6) is 0 Å². The van der Waals surface area contributed by atoms with Crippen LogP contribution in [-0.4, -0.2) is 40.2 Å². The number of rotatable bonds is 5. The molecule has 0 aromatic carbocycles. The number of carbonyl (C=O) groups excluding carboxylic acids is 3. The molecule has 29 heavy (non-hydrogen) atoms. The summed E-state index contributed by atoms with van der Waals surface area (Å²) in [5.74, 6) is -1.31. The Kier molecular flexibility index (Phi) is 6.46. The summed E-state index contributed by atoms with van der Waals surface area (Å²) in [4.78, 5) is 40.7. The van der Waals surface area contributed by atoms with Crippen LogP contribution >= 0.6 is 0 Å². The van der Waals surface area contributed by atoms with E-state index in [1.807, 2.05) is 13.8 Å². The quantitative estimate of drug-likeness (QED) is 0.737. The van der Waals surface area contributed by atoms with Crippen LogP contribution in [0.2, 0.25) is 0 Å². The summed E-state index contributed by atoms with van der Waals surface area (Å²) in [6, 6.07) is 1.08. The summed E-state index contributed by atoms with van der Waals surface area (Å²) < 4.78 is 10.3. The van der Waals surface area contributed by atoms with Gasteiger partial charge in [-0.25, -0.2) is 14.6 Å². The van der Waals surface area contributed by atoms with Crippen LogP contribution in [-0.2, 0) is 9.53 Å². The number of urea groups is 1. The van der Waals surface area contributed by atoms with Gasteiger partial charge in [0.25, 0.3) is 11.6 Å². The van der Waals surface area contributed by atoms with Crippen molar-refractivity contribution in [1.29, 1.82) is 0 Å². The molecule has 2 N–H and O–H groups in total. The number of esters is 1. The van der Waals surface area contributed by atoms with Gasteiger partial charge in [0.2, 0.25) is 0 Å². The minimum Gasteiger partial charge on any atom is -0.449 e. The first-order valence-corrected chi connectivity index (χ1v) is 9.92. The average Bonchev–Trinajstić information content (AvgIpc) is 3.12. The van der Waals surface area contributed by atoms with Gasteiger partial charge in [0.05, 0.1) is 16.6 Å². The molecular formula is C20H26N4O5. The maximum Gasteiger partial charge on any atom is 0.340 e. The van der Waals surface area contributed by atoms with Gasteiger partial charge >= 0.3 is 12.0 Å². The van der Waals surface area contributed by atoms with Crippen LogP contribution in [0.1, 0.15) is 74.8 Å². The second-order valence-corrected chi connectivity index (χ2v) is 7.64. The fraction of sp³-hybridized carbons (Fsp3) is 0.550. The molecule has 2 heterocycles. The van der Waals surface area contributed by atoms with E-state index < -0.39 is 24.0 Å². The van der Waals surface area contributed by atoms with E-state index in [0.717, 1.165) is 25.7 Å². The van der Waals surface area contributed by atoms with Gasteiger partial charge in [0.15, 0.2) is 6.10 Å². The molecule has 2 aromatic heterocycles. The van der Waals surface area contributed by atoms with Crippen molar-refractivity contribution in [2.24, 2.45) is 0 Å². The van der Waals surface area contributed by atoms with Crippen molar-refractivity contribution in [2.75, 3.05) is 0 Å². The third-order valence-electron chi connectivity index (χ3n) is 4.97. The third-order valence-corrected chi connectivity index (χ3v) is 4.97. The predicted octanol–water partition coefficient (Wildman–Crippen LogP) is 3.05. The summed E-state index contributed by atoms with van der Waals surface area (Å²) in [5, 5.41) is 9.60. The van der Waals surface area contributed by atoms with Gasteiger partial charge in [-0.05, 0) is 31.7 Å². The lowest BCUT2D eigenvalue weighted by atomic mass is 9.96. The standard InChI is InChI=1S/C20H26N4O5/c1-11(2)16-15-9-13(10-21-18(15)29-24-16)19(26)28-12(3)17(25)23-20(27)22-14-7-5-4-6-8-14/h9-12,14H,4-8H2,1-3H3,(H2,22,23,25,27)/t12-/m0/s1. The molecule has 0 radical (unpaired) electrons. The van der Waals surface area contributed by atoms with Crippen molar-refractivity contribution in [3.05, 3.63) is 23.5 Å². The Bertz CT molecular complexity index is 901. The fourth-order valence-corrected chi connectivity index (χ4v) is 3.34.